The highest BCUT2D eigenvalue weighted by Gasteiger charge is 2.44. The average Bonchev–Trinajstić information content (AvgIpc) is 3.00. The maximum absolute atomic E-state index is 13.1. The summed E-state index contributed by atoms with van der Waals surface area (Å²) in [5.74, 6) is -0.578. The van der Waals surface area contributed by atoms with Gasteiger partial charge in [-0.3, -0.25) is 4.79 Å². The zero-order chi connectivity index (χ0) is 23.7. The number of hydrogen-bond donors (Lipinski definition) is 2. The first-order valence-corrected chi connectivity index (χ1v) is 11.4. The van der Waals surface area contributed by atoms with Crippen LogP contribution in [0.25, 0.3) is 0 Å². The van der Waals surface area contributed by atoms with E-state index in [1.807, 2.05) is 31.2 Å². The fourth-order valence-electron chi connectivity index (χ4n) is 4.38. The normalized spacial score (nSPS) is 22.1. The molecule has 3 rings (SSSR count). The van der Waals surface area contributed by atoms with E-state index in [0.29, 0.717) is 18.6 Å². The molecule has 0 saturated carbocycles. The molecule has 0 fully saturated rings. The summed E-state index contributed by atoms with van der Waals surface area (Å²) in [6, 6.07) is 0. The predicted molar refractivity (Wildman–Crippen MR) is 127 cm³/mol. The van der Waals surface area contributed by atoms with Gasteiger partial charge in [0.2, 0.25) is 0 Å². The molecule has 0 radical (unpaired) electrons. The second kappa shape index (κ2) is 12.0. The molecule has 2 aliphatic carbocycles. The Labute approximate surface area is 192 Å². The van der Waals surface area contributed by atoms with Gasteiger partial charge in [-0.15, -0.1) is 0 Å². The largest absolute Gasteiger partial charge is 0.463 e. The Hall–Kier alpha value is -2.44. The lowest BCUT2D eigenvalue weighted by Crippen LogP contribution is -2.41. The third kappa shape index (κ3) is 6.53. The van der Waals surface area contributed by atoms with Crippen LogP contribution in [0.1, 0.15) is 47.0 Å². The van der Waals surface area contributed by atoms with E-state index in [1.54, 1.807) is 14.0 Å². The molecule has 0 bridgehead atoms. The molecule has 3 aliphatic rings. The second-order valence-electron chi connectivity index (χ2n) is 9.06. The van der Waals surface area contributed by atoms with Crippen molar-refractivity contribution in [2.75, 3.05) is 26.9 Å². The minimum Gasteiger partial charge on any atom is -0.463 e. The van der Waals surface area contributed by atoms with Gasteiger partial charge in [-0.25, -0.2) is 4.79 Å². The highest BCUT2D eigenvalue weighted by molar-refractivity contribution is 6.02. The number of carbonyl (C=O) groups is 2. The van der Waals surface area contributed by atoms with E-state index in [9.17, 15) is 9.59 Å². The van der Waals surface area contributed by atoms with E-state index in [2.05, 4.69) is 31.3 Å². The second-order valence-corrected chi connectivity index (χ2v) is 9.06. The van der Waals surface area contributed by atoms with Gasteiger partial charge >= 0.3 is 5.97 Å². The first-order chi connectivity index (χ1) is 15.3. The lowest BCUT2D eigenvalue weighted by atomic mass is 9.67. The molecule has 3 N–H and O–H groups in total. The van der Waals surface area contributed by atoms with Gasteiger partial charge in [0, 0.05) is 48.9 Å². The molecule has 1 atom stereocenters. The molecule has 0 aromatic carbocycles. The molecule has 0 saturated heterocycles. The molecule has 6 nitrogen and oxygen atoms in total. The van der Waals surface area contributed by atoms with Crippen LogP contribution in [0.5, 0.6) is 0 Å². The van der Waals surface area contributed by atoms with Gasteiger partial charge in [-0.1, -0.05) is 50.3 Å². The number of nitrogens with one attached hydrogen (secondary N) is 1. The summed E-state index contributed by atoms with van der Waals surface area (Å²) in [7, 11) is 1.68. The lowest BCUT2D eigenvalue weighted by molar-refractivity contribution is -0.139. The van der Waals surface area contributed by atoms with Gasteiger partial charge < -0.3 is 20.5 Å². The quantitative estimate of drug-likeness (QED) is 0.478. The smallest absolute Gasteiger partial charge is 0.336 e. The van der Waals surface area contributed by atoms with Crippen LogP contribution in [0.15, 0.2) is 59.0 Å². The van der Waals surface area contributed by atoms with Crippen LogP contribution >= 0.6 is 0 Å². The Balaban J connectivity index is 0.000000534. The maximum Gasteiger partial charge on any atom is 0.336 e. The first kappa shape index (κ1) is 25.8. The molecule has 1 aliphatic heterocycles. The zero-order valence-corrected chi connectivity index (χ0v) is 20.1. The Morgan fingerprint density at radius 3 is 2.38 bits per heavy atom. The predicted octanol–water partition coefficient (Wildman–Crippen LogP) is 3.97. The minimum atomic E-state index is -0.342. The first-order valence-electron chi connectivity index (χ1n) is 11.4. The number of methoxy groups -OCH3 is 1. The van der Waals surface area contributed by atoms with Crippen molar-refractivity contribution in [3.8, 4) is 0 Å². The third-order valence-electron chi connectivity index (χ3n) is 5.72. The molecule has 6 heteroatoms. The summed E-state index contributed by atoms with van der Waals surface area (Å²) >= 11 is 0. The van der Waals surface area contributed by atoms with Crippen LogP contribution in [0.2, 0.25) is 0 Å². The van der Waals surface area contributed by atoms with E-state index in [0.717, 1.165) is 43.0 Å². The van der Waals surface area contributed by atoms with E-state index in [-0.39, 0.29) is 29.0 Å². The fraction of sp³-hybridized carbons (Fsp3) is 0.538. The number of rotatable bonds is 6. The summed E-state index contributed by atoms with van der Waals surface area (Å²) in [6.07, 6.45) is 14.2. The van der Waals surface area contributed by atoms with Gasteiger partial charge in [0.05, 0.1) is 12.2 Å². The minimum absolute atomic E-state index is 0.0587. The van der Waals surface area contributed by atoms with Crippen molar-refractivity contribution in [1.82, 2.24) is 5.32 Å². The van der Waals surface area contributed by atoms with Gasteiger partial charge in [0.15, 0.2) is 5.78 Å². The van der Waals surface area contributed by atoms with Crippen LogP contribution < -0.4 is 11.1 Å². The van der Waals surface area contributed by atoms with Gasteiger partial charge in [-0.2, -0.15) is 0 Å². The number of carbonyl (C=O) groups excluding carboxylic acids is 2. The van der Waals surface area contributed by atoms with Crippen molar-refractivity contribution in [3.05, 3.63) is 59.0 Å². The number of ether oxygens (including phenoxy) is 2. The molecule has 32 heavy (non-hydrogen) atoms. The van der Waals surface area contributed by atoms with Gasteiger partial charge in [0.1, 0.15) is 0 Å². The van der Waals surface area contributed by atoms with Crippen LogP contribution in [0.4, 0.5) is 0 Å². The monoisotopic (exact) mass is 442 g/mol. The van der Waals surface area contributed by atoms with Crippen molar-refractivity contribution in [1.29, 1.82) is 0 Å². The molecule has 0 aromatic heterocycles. The number of ketones is 1. The Morgan fingerprint density at radius 1 is 1.19 bits per heavy atom. The number of Topliss-reactive ketones (excluding diaryl/α,β-unsaturated/α-hetero) is 1. The molecule has 0 aromatic rings. The number of esters is 1. The third-order valence-corrected chi connectivity index (χ3v) is 5.72. The zero-order valence-electron chi connectivity index (χ0n) is 20.1. The van der Waals surface area contributed by atoms with Crippen molar-refractivity contribution >= 4 is 11.8 Å². The van der Waals surface area contributed by atoms with Crippen LogP contribution in [0.3, 0.4) is 0 Å². The number of dihydropyridines is 1. The van der Waals surface area contributed by atoms with Crippen molar-refractivity contribution in [2.24, 2.45) is 23.0 Å². The summed E-state index contributed by atoms with van der Waals surface area (Å²) in [4.78, 5) is 25.8. The van der Waals surface area contributed by atoms with E-state index in [1.165, 1.54) is 0 Å². The van der Waals surface area contributed by atoms with Crippen molar-refractivity contribution < 1.29 is 19.1 Å². The van der Waals surface area contributed by atoms with Gasteiger partial charge in [0.25, 0.3) is 0 Å². The SMILES string of the molecule is CCOC(=O)C1=C(C)NC2=C(C(=O)CC(C)(C)C2)C1C1C=CC=CC=C1.COCCCN. The molecular weight excluding hydrogens is 404 g/mol. The molecule has 1 heterocycles. The van der Waals surface area contributed by atoms with Crippen molar-refractivity contribution in [3.63, 3.8) is 0 Å². The molecular formula is C26H38N2O4. The van der Waals surface area contributed by atoms with Crippen molar-refractivity contribution in [2.45, 2.75) is 47.0 Å². The highest BCUT2D eigenvalue weighted by Crippen LogP contribution is 2.46. The van der Waals surface area contributed by atoms with E-state index in [4.69, 9.17) is 15.2 Å². The Morgan fingerprint density at radius 2 is 1.84 bits per heavy atom. The van der Waals surface area contributed by atoms with Crippen LogP contribution in [-0.2, 0) is 19.1 Å². The Bertz CT molecular complexity index is 826. The lowest BCUT2D eigenvalue weighted by Gasteiger charge is -2.40. The molecule has 176 valence electrons. The van der Waals surface area contributed by atoms with E-state index < -0.39 is 0 Å². The van der Waals surface area contributed by atoms with Crippen LogP contribution in [-0.4, -0.2) is 38.6 Å². The van der Waals surface area contributed by atoms with Gasteiger partial charge in [-0.05, 0) is 38.6 Å². The summed E-state index contributed by atoms with van der Waals surface area (Å²) in [6.45, 7) is 9.75. The average molecular weight is 443 g/mol. The fourth-order valence-corrected chi connectivity index (χ4v) is 4.38. The highest BCUT2D eigenvalue weighted by atomic mass is 16.5. The number of nitrogens with two attached hydrogens (primary N) is 1. The van der Waals surface area contributed by atoms with Crippen LogP contribution in [0, 0.1) is 17.3 Å². The Kier molecular flexibility index (Phi) is 9.66. The standard InChI is InChI=1S/C22H27NO3.C4H11NO/c1-5-26-21(25)18-14(2)23-16-12-22(3,4)13-17(24)20(16)19(18)15-10-8-6-7-9-11-15;1-6-4-2-3-5/h6-11,15,19,23H,5,12-13H2,1-4H3;2-5H2,1H3. The molecule has 0 amide bonds. The maximum atomic E-state index is 13.1. The van der Waals surface area contributed by atoms with E-state index >= 15 is 0 Å². The summed E-state index contributed by atoms with van der Waals surface area (Å²) in [5, 5.41) is 3.35. The summed E-state index contributed by atoms with van der Waals surface area (Å²) in [5.41, 5.74) is 8.12. The topological polar surface area (TPSA) is 90.6 Å². The molecule has 1 unspecified atom stereocenters. The molecule has 0 spiro atoms. The number of allylic oxidation sites excluding steroid dienone is 9. The summed E-state index contributed by atoms with van der Waals surface area (Å²) < 4.78 is 10.0. The number of hydrogen-bond acceptors (Lipinski definition) is 6.